The number of nitrogens with one attached hydrogen (secondary N) is 1. The third-order valence-electron chi connectivity index (χ3n) is 2.47. The van der Waals surface area contributed by atoms with Gasteiger partial charge < -0.3 is 19.9 Å². The zero-order valence-electron chi connectivity index (χ0n) is 15.5. The van der Waals surface area contributed by atoms with Crippen LogP contribution in [0.2, 0.25) is 0 Å². The number of hydrogen-bond acceptors (Lipinski definition) is 5. The van der Waals surface area contributed by atoms with Crippen molar-refractivity contribution in [3.63, 3.8) is 0 Å². The Hall–Kier alpha value is -2.50. The van der Waals surface area contributed by atoms with Crippen LogP contribution >= 0.6 is 0 Å². The number of amides is 1. The molecule has 0 aliphatic rings. The molecule has 0 heterocycles. The third kappa shape index (κ3) is 7.90. The lowest BCUT2D eigenvalue weighted by atomic mass is 10.2. The second-order valence-electron chi connectivity index (χ2n) is 5.78. The molecule has 1 rings (SSSR count). The summed E-state index contributed by atoms with van der Waals surface area (Å²) in [4.78, 5) is 23.9. The molecule has 0 spiro atoms. The maximum Gasteiger partial charge on any atom is 0.408 e. The van der Waals surface area contributed by atoms with Crippen molar-refractivity contribution in [2.24, 2.45) is 0 Å². The average Bonchev–Trinajstić information content (AvgIpc) is 2.49. The molecule has 0 unspecified atom stereocenters. The average molecular weight is 323 g/mol. The summed E-state index contributed by atoms with van der Waals surface area (Å²) < 4.78 is 25.8. The first-order chi connectivity index (χ1) is 11.4. The molecule has 23 heavy (non-hydrogen) atoms. The molecule has 126 valence electrons. The summed E-state index contributed by atoms with van der Waals surface area (Å²) >= 11 is 0. The standard InChI is InChI=1S/C17H23NO5/c1-12(19)14(18-16(21)23-17(2,3)4)10-15(20)22-11-13-8-6-5-7-9-13/h5-9,14,19H,1,10-11H2,2-4H3,(H,18,21)/t14-/m1/s1/i10D2. The third-order valence-corrected chi connectivity index (χ3v) is 2.47. The SMILES string of the molecule is [2H]C([2H])(C(=O)OCc1ccccc1)[C@@H](NC(=O)OC(C)(C)C)C(=C)O. The quantitative estimate of drug-likeness (QED) is 0.621. The number of hydrogen-bond donors (Lipinski definition) is 2. The Kier molecular flexibility index (Phi) is 5.50. The topological polar surface area (TPSA) is 84.9 Å². The molecule has 0 radical (unpaired) electrons. The molecule has 0 aliphatic carbocycles. The van der Waals surface area contributed by atoms with E-state index in [0.717, 1.165) is 0 Å². The number of ether oxygens (including phenoxy) is 2. The second kappa shape index (κ2) is 8.22. The molecular weight excluding hydrogens is 298 g/mol. The maximum atomic E-state index is 12.1. The molecule has 0 saturated heterocycles. The maximum absolute atomic E-state index is 12.1. The van der Waals surface area contributed by atoms with Gasteiger partial charge in [-0.1, -0.05) is 36.9 Å². The Bertz CT molecular complexity index is 626. The summed E-state index contributed by atoms with van der Waals surface area (Å²) in [5, 5.41) is 11.7. The summed E-state index contributed by atoms with van der Waals surface area (Å²) in [5.41, 5.74) is -0.155. The number of carbonyl (C=O) groups excluding carboxylic acids is 2. The van der Waals surface area contributed by atoms with Gasteiger partial charge in [-0.25, -0.2) is 4.79 Å². The molecular formula is C17H23NO5. The predicted octanol–water partition coefficient (Wildman–Crippen LogP) is 3.08. The Labute approximate surface area is 138 Å². The Morgan fingerprint density at radius 2 is 1.96 bits per heavy atom. The lowest BCUT2D eigenvalue weighted by Crippen LogP contribution is -2.41. The van der Waals surface area contributed by atoms with E-state index in [4.69, 9.17) is 12.2 Å². The zero-order chi connectivity index (χ0) is 19.3. The van der Waals surface area contributed by atoms with Crippen LogP contribution in [-0.2, 0) is 20.9 Å². The van der Waals surface area contributed by atoms with Crippen LogP contribution in [0.15, 0.2) is 42.7 Å². The largest absolute Gasteiger partial charge is 0.511 e. The second-order valence-corrected chi connectivity index (χ2v) is 5.78. The molecule has 1 aromatic carbocycles. The number of aliphatic hydroxyl groups excluding tert-OH is 1. The van der Waals surface area contributed by atoms with Gasteiger partial charge in [0.25, 0.3) is 0 Å². The van der Waals surface area contributed by atoms with Crippen molar-refractivity contribution in [3.8, 4) is 0 Å². The van der Waals surface area contributed by atoms with E-state index >= 15 is 0 Å². The van der Waals surface area contributed by atoms with Gasteiger partial charge in [0.05, 0.1) is 12.4 Å². The highest BCUT2D eigenvalue weighted by molar-refractivity contribution is 5.73. The van der Waals surface area contributed by atoms with Gasteiger partial charge in [0.1, 0.15) is 18.0 Å². The summed E-state index contributed by atoms with van der Waals surface area (Å²) in [6.45, 7) is 7.94. The van der Waals surface area contributed by atoms with Crippen molar-refractivity contribution in [2.45, 2.75) is 45.4 Å². The Morgan fingerprint density at radius 3 is 2.48 bits per heavy atom. The van der Waals surface area contributed by atoms with Gasteiger partial charge in [0.2, 0.25) is 0 Å². The first kappa shape index (κ1) is 15.4. The number of carbonyl (C=O) groups is 2. The molecule has 0 fully saturated rings. The summed E-state index contributed by atoms with van der Waals surface area (Å²) in [6, 6.07) is 7.00. The number of alkyl carbamates (subject to hydrolysis) is 1. The van der Waals surface area contributed by atoms with Crippen LogP contribution in [0.25, 0.3) is 0 Å². The minimum atomic E-state index is -2.74. The highest BCUT2D eigenvalue weighted by Crippen LogP contribution is 2.10. The van der Waals surface area contributed by atoms with Crippen LogP contribution in [0.4, 0.5) is 4.79 Å². The van der Waals surface area contributed by atoms with E-state index < -0.39 is 35.8 Å². The van der Waals surface area contributed by atoms with Crippen molar-refractivity contribution in [2.75, 3.05) is 0 Å². The van der Waals surface area contributed by atoms with Crippen LogP contribution in [-0.4, -0.2) is 28.8 Å². The van der Waals surface area contributed by atoms with Crippen LogP contribution in [0.1, 0.15) is 35.4 Å². The van der Waals surface area contributed by atoms with Crippen molar-refractivity contribution in [1.82, 2.24) is 5.32 Å². The zero-order valence-corrected chi connectivity index (χ0v) is 13.5. The monoisotopic (exact) mass is 323 g/mol. The van der Waals surface area contributed by atoms with E-state index in [1.807, 2.05) is 0 Å². The molecule has 1 amide bonds. The van der Waals surface area contributed by atoms with Crippen LogP contribution in [0, 0.1) is 0 Å². The molecule has 1 aromatic rings. The highest BCUT2D eigenvalue weighted by Gasteiger charge is 2.23. The van der Waals surface area contributed by atoms with Crippen molar-refractivity contribution in [1.29, 1.82) is 0 Å². The fraction of sp³-hybridized carbons (Fsp3) is 0.412. The number of benzene rings is 1. The summed E-state index contributed by atoms with van der Waals surface area (Å²) in [7, 11) is 0. The van der Waals surface area contributed by atoms with E-state index in [0.29, 0.717) is 5.56 Å². The summed E-state index contributed by atoms with van der Waals surface area (Å²) in [6.07, 6.45) is -3.73. The van der Waals surface area contributed by atoms with Gasteiger partial charge in [-0.2, -0.15) is 0 Å². The molecule has 0 aliphatic heterocycles. The van der Waals surface area contributed by atoms with E-state index in [2.05, 4.69) is 11.9 Å². The molecule has 0 aromatic heterocycles. The minimum Gasteiger partial charge on any atom is -0.511 e. The van der Waals surface area contributed by atoms with E-state index in [9.17, 15) is 14.7 Å². The molecule has 0 saturated carbocycles. The molecule has 1 atom stereocenters. The highest BCUT2D eigenvalue weighted by atomic mass is 16.6. The van der Waals surface area contributed by atoms with Crippen molar-refractivity contribution < 1.29 is 26.9 Å². The van der Waals surface area contributed by atoms with Gasteiger partial charge in [0, 0.05) is 2.74 Å². The van der Waals surface area contributed by atoms with E-state index in [1.165, 1.54) is 0 Å². The Morgan fingerprint density at radius 1 is 1.35 bits per heavy atom. The number of aliphatic hydroxyl groups is 1. The van der Waals surface area contributed by atoms with E-state index in [1.54, 1.807) is 51.1 Å². The van der Waals surface area contributed by atoms with E-state index in [-0.39, 0.29) is 6.61 Å². The molecule has 6 nitrogen and oxygen atoms in total. The van der Waals surface area contributed by atoms with Gasteiger partial charge in [-0.05, 0) is 26.3 Å². The Balaban J connectivity index is 2.80. The first-order valence-corrected chi connectivity index (χ1v) is 7.02. The minimum absolute atomic E-state index is 0.143. The van der Waals surface area contributed by atoms with Crippen molar-refractivity contribution >= 4 is 12.1 Å². The van der Waals surface area contributed by atoms with Crippen LogP contribution in [0.3, 0.4) is 0 Å². The fourth-order valence-electron chi connectivity index (χ4n) is 1.51. The molecule has 2 N–H and O–H groups in total. The van der Waals surface area contributed by atoms with Gasteiger partial charge in [-0.15, -0.1) is 0 Å². The predicted molar refractivity (Wildman–Crippen MR) is 85.8 cm³/mol. The van der Waals surface area contributed by atoms with Crippen molar-refractivity contribution in [3.05, 3.63) is 48.2 Å². The molecule has 6 heteroatoms. The van der Waals surface area contributed by atoms with Gasteiger partial charge in [-0.3, -0.25) is 4.79 Å². The first-order valence-electron chi connectivity index (χ1n) is 8.02. The van der Waals surface area contributed by atoms with Gasteiger partial charge >= 0.3 is 12.1 Å². The molecule has 0 bridgehead atoms. The smallest absolute Gasteiger partial charge is 0.408 e. The van der Waals surface area contributed by atoms with Crippen LogP contribution in [0.5, 0.6) is 0 Å². The summed E-state index contributed by atoms with van der Waals surface area (Å²) in [5.74, 6) is -1.97. The lowest BCUT2D eigenvalue weighted by Gasteiger charge is -2.22. The number of rotatable bonds is 6. The fourth-order valence-corrected chi connectivity index (χ4v) is 1.51. The van der Waals surface area contributed by atoms with Gasteiger partial charge in [0.15, 0.2) is 0 Å². The van der Waals surface area contributed by atoms with Crippen LogP contribution < -0.4 is 5.32 Å². The lowest BCUT2D eigenvalue weighted by molar-refractivity contribution is -0.145. The number of esters is 1. The normalized spacial score (nSPS) is 14.0.